The molecule has 0 unspecified atom stereocenters. The molecule has 11 heteroatoms. The summed E-state index contributed by atoms with van der Waals surface area (Å²) in [5, 5.41) is 8.49. The molecule has 0 fully saturated rings. The minimum absolute atomic E-state index is 0.0599. The van der Waals surface area contributed by atoms with Gasteiger partial charge in [0, 0.05) is 12.8 Å². The monoisotopic (exact) mass is 438 g/mol. The number of carboxylic acid groups (broad SMARTS) is 1. The van der Waals surface area contributed by atoms with Gasteiger partial charge in [0.2, 0.25) is 0 Å². The highest BCUT2D eigenvalue weighted by atomic mass is 16.6. The van der Waals surface area contributed by atoms with Crippen LogP contribution in [-0.4, -0.2) is 103 Å². The van der Waals surface area contributed by atoms with E-state index in [1.165, 1.54) is 7.11 Å². The van der Waals surface area contributed by atoms with E-state index in [1.54, 1.807) is 0 Å². The van der Waals surface area contributed by atoms with Gasteiger partial charge in [0.15, 0.2) is 0 Å². The molecule has 0 rings (SSSR count). The van der Waals surface area contributed by atoms with Crippen LogP contribution in [0.15, 0.2) is 0 Å². The minimum Gasteiger partial charge on any atom is -0.481 e. The van der Waals surface area contributed by atoms with E-state index >= 15 is 0 Å². The molecule has 176 valence electrons. The highest BCUT2D eigenvalue weighted by molar-refractivity contribution is 5.70. The fraction of sp³-hybridized carbons (Fsp3) is 0.842. The number of carbonyl (C=O) groups is 3. The molecular formula is C19H34O11. The van der Waals surface area contributed by atoms with Crippen molar-refractivity contribution in [2.24, 2.45) is 0 Å². The summed E-state index contributed by atoms with van der Waals surface area (Å²) >= 11 is 0. The second-order valence-electron chi connectivity index (χ2n) is 5.90. The molecule has 0 radical (unpaired) electrons. The molecule has 0 aliphatic carbocycles. The summed E-state index contributed by atoms with van der Waals surface area (Å²) in [4.78, 5) is 32.5. The third-order valence-electron chi connectivity index (χ3n) is 3.45. The zero-order valence-electron chi connectivity index (χ0n) is 17.6. The van der Waals surface area contributed by atoms with Gasteiger partial charge in [0.25, 0.3) is 0 Å². The number of hydrogen-bond donors (Lipinski definition) is 1. The largest absolute Gasteiger partial charge is 0.481 e. The summed E-state index contributed by atoms with van der Waals surface area (Å²) < 4.78 is 35.6. The molecule has 0 amide bonds. The van der Waals surface area contributed by atoms with Crippen molar-refractivity contribution >= 4 is 17.9 Å². The predicted octanol–water partition coefficient (Wildman–Crippen LogP) is 0.431. The van der Waals surface area contributed by atoms with Gasteiger partial charge in [-0.15, -0.1) is 0 Å². The van der Waals surface area contributed by atoms with Crippen molar-refractivity contribution < 1.29 is 52.6 Å². The molecule has 11 nitrogen and oxygen atoms in total. The van der Waals surface area contributed by atoms with Crippen LogP contribution >= 0.6 is 0 Å². The van der Waals surface area contributed by atoms with Crippen LogP contribution < -0.4 is 0 Å². The molecule has 0 spiro atoms. The van der Waals surface area contributed by atoms with E-state index < -0.39 is 11.9 Å². The van der Waals surface area contributed by atoms with Crippen LogP contribution in [0.3, 0.4) is 0 Å². The molecular weight excluding hydrogens is 404 g/mol. The fourth-order valence-electron chi connectivity index (χ4n) is 1.93. The third-order valence-corrected chi connectivity index (χ3v) is 3.45. The van der Waals surface area contributed by atoms with Crippen LogP contribution in [0.25, 0.3) is 0 Å². The molecule has 0 saturated carbocycles. The molecule has 0 atom stereocenters. The number of carbonyl (C=O) groups excluding carboxylic acids is 2. The Labute approximate surface area is 176 Å². The lowest BCUT2D eigenvalue weighted by atomic mass is 10.2. The first-order chi connectivity index (χ1) is 14.6. The van der Waals surface area contributed by atoms with E-state index in [4.69, 9.17) is 33.5 Å². The molecule has 0 aliphatic rings. The standard InChI is InChI=1S/C19H34O11/c1-24-19(23)16-29-13-12-27-9-8-25-6-7-26-10-11-28-14-15-30-18(22)5-3-2-4-17(20)21/h2-16H2,1H3,(H,20,21). The van der Waals surface area contributed by atoms with Gasteiger partial charge in [-0.05, 0) is 12.8 Å². The normalized spacial score (nSPS) is 10.7. The second kappa shape index (κ2) is 21.9. The minimum atomic E-state index is -0.865. The molecule has 0 heterocycles. The summed E-state index contributed by atoms with van der Waals surface area (Å²) in [5.74, 6) is -1.64. The van der Waals surface area contributed by atoms with E-state index in [9.17, 15) is 14.4 Å². The lowest BCUT2D eigenvalue weighted by molar-refractivity contribution is -0.146. The van der Waals surface area contributed by atoms with Gasteiger partial charge in [-0.3, -0.25) is 9.59 Å². The SMILES string of the molecule is COC(=O)COCCOCCOCCOCCOCCOC(=O)CCCCC(=O)O. The molecule has 0 aromatic heterocycles. The molecule has 30 heavy (non-hydrogen) atoms. The lowest BCUT2D eigenvalue weighted by Crippen LogP contribution is -2.16. The van der Waals surface area contributed by atoms with Crippen molar-refractivity contribution in [1.29, 1.82) is 0 Å². The number of ether oxygens (including phenoxy) is 7. The predicted molar refractivity (Wildman–Crippen MR) is 103 cm³/mol. The van der Waals surface area contributed by atoms with Crippen LogP contribution in [0.2, 0.25) is 0 Å². The average molecular weight is 438 g/mol. The Morgan fingerprint density at radius 3 is 1.50 bits per heavy atom. The number of methoxy groups -OCH3 is 1. The van der Waals surface area contributed by atoms with Gasteiger partial charge in [-0.2, -0.15) is 0 Å². The number of unbranched alkanes of at least 4 members (excludes halogenated alkanes) is 1. The van der Waals surface area contributed by atoms with Gasteiger partial charge >= 0.3 is 17.9 Å². The van der Waals surface area contributed by atoms with Crippen LogP contribution in [0.1, 0.15) is 25.7 Å². The van der Waals surface area contributed by atoms with Gasteiger partial charge in [0.1, 0.15) is 13.2 Å². The first-order valence-electron chi connectivity index (χ1n) is 9.89. The van der Waals surface area contributed by atoms with E-state index in [0.717, 1.165) is 0 Å². The second-order valence-corrected chi connectivity index (χ2v) is 5.90. The average Bonchev–Trinajstić information content (AvgIpc) is 2.73. The number of rotatable bonds is 22. The number of hydrogen-bond acceptors (Lipinski definition) is 10. The fourth-order valence-corrected chi connectivity index (χ4v) is 1.93. The van der Waals surface area contributed by atoms with Crippen LogP contribution in [-0.2, 0) is 47.5 Å². The Morgan fingerprint density at radius 2 is 1.03 bits per heavy atom. The zero-order valence-corrected chi connectivity index (χ0v) is 17.6. The van der Waals surface area contributed by atoms with E-state index in [1.807, 2.05) is 0 Å². The smallest absolute Gasteiger partial charge is 0.331 e. The maximum Gasteiger partial charge on any atom is 0.331 e. The third kappa shape index (κ3) is 22.5. The highest BCUT2D eigenvalue weighted by Gasteiger charge is 2.04. The van der Waals surface area contributed by atoms with Gasteiger partial charge in [-0.25, -0.2) is 4.79 Å². The topological polar surface area (TPSA) is 136 Å². The number of carboxylic acids is 1. The van der Waals surface area contributed by atoms with Crippen molar-refractivity contribution in [3.8, 4) is 0 Å². The Bertz CT molecular complexity index is 442. The van der Waals surface area contributed by atoms with Crippen molar-refractivity contribution in [2.45, 2.75) is 25.7 Å². The first kappa shape index (κ1) is 28.2. The summed E-state index contributed by atoms with van der Waals surface area (Å²) in [6.45, 7) is 3.53. The Morgan fingerprint density at radius 1 is 0.600 bits per heavy atom. The molecule has 0 aliphatic heterocycles. The first-order valence-corrected chi connectivity index (χ1v) is 9.89. The maximum absolute atomic E-state index is 11.4. The number of esters is 2. The Balaban J connectivity index is 3.15. The van der Waals surface area contributed by atoms with Gasteiger partial charge in [-0.1, -0.05) is 0 Å². The summed E-state index contributed by atoms with van der Waals surface area (Å²) in [6, 6.07) is 0. The van der Waals surface area contributed by atoms with Crippen LogP contribution in [0.4, 0.5) is 0 Å². The molecule has 0 bridgehead atoms. The van der Waals surface area contributed by atoms with Crippen molar-refractivity contribution in [2.75, 3.05) is 79.8 Å². The summed E-state index contributed by atoms with van der Waals surface area (Å²) in [6.07, 6.45) is 1.23. The van der Waals surface area contributed by atoms with Crippen molar-refractivity contribution in [3.05, 3.63) is 0 Å². The van der Waals surface area contributed by atoms with Crippen LogP contribution in [0, 0.1) is 0 Å². The molecule has 0 aromatic carbocycles. The van der Waals surface area contributed by atoms with Crippen molar-refractivity contribution in [1.82, 2.24) is 0 Å². The Hall–Kier alpha value is -1.79. The van der Waals surface area contributed by atoms with Crippen molar-refractivity contribution in [3.63, 3.8) is 0 Å². The van der Waals surface area contributed by atoms with Crippen LogP contribution in [0.5, 0.6) is 0 Å². The van der Waals surface area contributed by atoms with E-state index in [-0.39, 0.29) is 38.6 Å². The number of aliphatic carboxylic acids is 1. The lowest BCUT2D eigenvalue weighted by Gasteiger charge is -2.08. The molecule has 0 aromatic rings. The zero-order chi connectivity index (χ0) is 22.3. The highest BCUT2D eigenvalue weighted by Crippen LogP contribution is 2.01. The Kier molecular flexibility index (Phi) is 20.6. The van der Waals surface area contributed by atoms with Gasteiger partial charge in [0.05, 0.1) is 66.6 Å². The van der Waals surface area contributed by atoms with E-state index in [2.05, 4.69) is 4.74 Å². The van der Waals surface area contributed by atoms with Gasteiger partial charge < -0.3 is 38.3 Å². The maximum atomic E-state index is 11.4. The molecule has 0 saturated heterocycles. The summed E-state index contributed by atoms with van der Waals surface area (Å²) in [7, 11) is 1.30. The molecule has 1 N–H and O–H groups in total. The summed E-state index contributed by atoms with van der Waals surface area (Å²) in [5.41, 5.74) is 0. The van der Waals surface area contributed by atoms with E-state index in [0.29, 0.717) is 65.7 Å². The quantitative estimate of drug-likeness (QED) is 0.186.